The second-order valence-electron chi connectivity index (χ2n) is 8.71. The maximum atomic E-state index is 11.8. The van der Waals surface area contributed by atoms with Gasteiger partial charge in [0.15, 0.2) is 0 Å². The number of nitrogens with one attached hydrogen (secondary N) is 1. The fraction of sp³-hybridized carbons (Fsp3) is 0.621. The number of methoxy groups -OCH3 is 1. The first-order valence-electron chi connectivity index (χ1n) is 14.2. The van der Waals surface area contributed by atoms with Gasteiger partial charge in [0.2, 0.25) is 0 Å². The maximum Gasteiger partial charge on any atom is 0.407 e. The number of carbonyl (C=O) groups is 1. The van der Waals surface area contributed by atoms with Crippen molar-refractivity contribution in [1.82, 2.24) is 15.3 Å². The van der Waals surface area contributed by atoms with E-state index in [9.17, 15) is 4.79 Å². The fourth-order valence-electron chi connectivity index (χ4n) is 3.33. The number of hydrogen-bond acceptors (Lipinski definition) is 11. The summed E-state index contributed by atoms with van der Waals surface area (Å²) in [6.45, 7) is 5.64. The molecule has 2 rings (SSSR count). The molecule has 0 fully saturated rings. The van der Waals surface area contributed by atoms with E-state index in [1.807, 2.05) is 0 Å². The quantitative estimate of drug-likeness (QED) is 0.123. The predicted molar refractivity (Wildman–Crippen MR) is 158 cm³/mol. The first kappa shape index (κ1) is 35.5. The standard InChI is InChI=1S/C29H44ClN3O9/c1-35-13-14-38-17-18-39-19-20-40-25-5-8-31-27(23-25)28-24-26(6-9-32-28)41-21-22-42-29(34)33-10-12-37-16-15-36-11-4-2-3-7-30/h5-6,8-9,23-24H,2-4,7,10-22H2,1H3,(H,33,34). The van der Waals surface area contributed by atoms with Gasteiger partial charge in [0.1, 0.15) is 31.3 Å². The van der Waals surface area contributed by atoms with Crippen LogP contribution >= 0.6 is 11.6 Å². The van der Waals surface area contributed by atoms with Gasteiger partial charge in [0, 0.05) is 50.7 Å². The average molecular weight is 614 g/mol. The van der Waals surface area contributed by atoms with Crippen LogP contribution in [0.3, 0.4) is 0 Å². The molecule has 2 aromatic heterocycles. The molecule has 1 amide bonds. The third-order valence-corrected chi connectivity index (χ3v) is 5.69. The summed E-state index contributed by atoms with van der Waals surface area (Å²) in [5, 5.41) is 2.63. The number of alkyl halides is 1. The average Bonchev–Trinajstić information content (AvgIpc) is 3.01. The van der Waals surface area contributed by atoms with Crippen LogP contribution in [0.15, 0.2) is 36.7 Å². The van der Waals surface area contributed by atoms with Crippen molar-refractivity contribution >= 4 is 17.7 Å². The van der Waals surface area contributed by atoms with E-state index in [1.54, 1.807) is 43.8 Å². The molecule has 0 saturated carbocycles. The number of alkyl carbamates (subject to hydrolysis) is 1. The molecule has 0 saturated heterocycles. The van der Waals surface area contributed by atoms with Crippen molar-refractivity contribution in [3.05, 3.63) is 36.7 Å². The zero-order chi connectivity index (χ0) is 29.9. The summed E-state index contributed by atoms with van der Waals surface area (Å²) in [6, 6.07) is 7.06. The van der Waals surface area contributed by atoms with Gasteiger partial charge in [-0.1, -0.05) is 0 Å². The second-order valence-corrected chi connectivity index (χ2v) is 9.08. The van der Waals surface area contributed by atoms with Crippen LogP contribution in [-0.2, 0) is 28.4 Å². The van der Waals surface area contributed by atoms with Crippen molar-refractivity contribution in [3.8, 4) is 22.9 Å². The van der Waals surface area contributed by atoms with Crippen molar-refractivity contribution in [2.45, 2.75) is 19.3 Å². The van der Waals surface area contributed by atoms with Crippen LogP contribution in [0.25, 0.3) is 11.4 Å². The molecule has 0 aliphatic carbocycles. The highest BCUT2D eigenvalue weighted by Gasteiger charge is 2.07. The molecule has 0 radical (unpaired) electrons. The Morgan fingerprint density at radius 3 is 1.86 bits per heavy atom. The molecule has 2 heterocycles. The SMILES string of the molecule is COCCOCCOCCOc1ccnc(-c2cc(OCCOC(=O)NCCOCCOCCCCCCl)ccn2)c1. The number of rotatable bonds is 26. The van der Waals surface area contributed by atoms with Gasteiger partial charge in [0.25, 0.3) is 0 Å². The van der Waals surface area contributed by atoms with E-state index in [0.717, 1.165) is 19.3 Å². The molecule has 0 unspecified atom stereocenters. The normalized spacial score (nSPS) is 10.9. The van der Waals surface area contributed by atoms with Crippen molar-refractivity contribution in [1.29, 1.82) is 0 Å². The van der Waals surface area contributed by atoms with E-state index in [0.29, 0.717) is 101 Å². The van der Waals surface area contributed by atoms with E-state index in [-0.39, 0.29) is 13.2 Å². The number of amides is 1. The fourth-order valence-corrected chi connectivity index (χ4v) is 3.52. The van der Waals surface area contributed by atoms with Gasteiger partial charge >= 0.3 is 6.09 Å². The highest BCUT2D eigenvalue weighted by Crippen LogP contribution is 2.23. The minimum atomic E-state index is -0.532. The number of aromatic nitrogens is 2. The van der Waals surface area contributed by atoms with E-state index < -0.39 is 6.09 Å². The number of halogens is 1. The Hall–Kier alpha value is -2.74. The lowest BCUT2D eigenvalue weighted by atomic mass is 10.2. The van der Waals surface area contributed by atoms with Crippen LogP contribution in [0.2, 0.25) is 0 Å². The summed E-state index contributed by atoms with van der Waals surface area (Å²) in [5.41, 5.74) is 1.26. The summed E-state index contributed by atoms with van der Waals surface area (Å²) in [5.74, 6) is 1.92. The summed E-state index contributed by atoms with van der Waals surface area (Å²) in [4.78, 5) is 20.6. The highest BCUT2D eigenvalue weighted by molar-refractivity contribution is 6.17. The minimum absolute atomic E-state index is 0.0881. The Kier molecular flexibility index (Phi) is 21.0. The van der Waals surface area contributed by atoms with Crippen LogP contribution in [0.1, 0.15) is 19.3 Å². The van der Waals surface area contributed by atoms with E-state index in [4.69, 9.17) is 49.5 Å². The molecule has 0 bridgehead atoms. The van der Waals surface area contributed by atoms with Gasteiger partial charge in [-0.3, -0.25) is 9.97 Å². The number of pyridine rings is 2. The molecule has 236 valence electrons. The van der Waals surface area contributed by atoms with Crippen molar-refractivity contribution < 1.29 is 42.7 Å². The van der Waals surface area contributed by atoms with E-state index >= 15 is 0 Å². The Balaban J connectivity index is 1.55. The van der Waals surface area contributed by atoms with Crippen LogP contribution in [0.4, 0.5) is 4.79 Å². The van der Waals surface area contributed by atoms with Crippen LogP contribution < -0.4 is 14.8 Å². The monoisotopic (exact) mass is 613 g/mol. The second kappa shape index (κ2) is 24.8. The zero-order valence-corrected chi connectivity index (χ0v) is 25.2. The Bertz CT molecular complexity index is 958. The topological polar surface area (TPSA) is 129 Å². The van der Waals surface area contributed by atoms with Gasteiger partial charge < -0.3 is 43.2 Å². The first-order valence-corrected chi connectivity index (χ1v) is 14.7. The van der Waals surface area contributed by atoms with Gasteiger partial charge in [-0.25, -0.2) is 4.79 Å². The Labute approximate surface area is 253 Å². The number of ether oxygens (including phenoxy) is 8. The molecular formula is C29H44ClN3O9. The van der Waals surface area contributed by atoms with Crippen LogP contribution in [0.5, 0.6) is 11.5 Å². The van der Waals surface area contributed by atoms with Crippen molar-refractivity contribution in [2.24, 2.45) is 0 Å². The maximum absolute atomic E-state index is 11.8. The molecule has 0 aliphatic heterocycles. The minimum Gasteiger partial charge on any atom is -0.491 e. The van der Waals surface area contributed by atoms with Gasteiger partial charge in [0.05, 0.1) is 64.2 Å². The molecule has 2 aromatic rings. The molecule has 42 heavy (non-hydrogen) atoms. The Morgan fingerprint density at radius 2 is 1.24 bits per heavy atom. The first-order chi connectivity index (χ1) is 20.7. The number of nitrogens with zero attached hydrogens (tertiary/aromatic N) is 2. The largest absolute Gasteiger partial charge is 0.491 e. The molecule has 0 atom stereocenters. The summed E-state index contributed by atoms with van der Waals surface area (Å²) >= 11 is 5.63. The highest BCUT2D eigenvalue weighted by atomic mass is 35.5. The van der Waals surface area contributed by atoms with Crippen LogP contribution in [-0.4, -0.2) is 115 Å². The zero-order valence-electron chi connectivity index (χ0n) is 24.4. The number of unbranched alkanes of at least 4 members (excludes halogenated alkanes) is 2. The Morgan fingerprint density at radius 1 is 0.690 bits per heavy atom. The van der Waals surface area contributed by atoms with Crippen molar-refractivity contribution in [2.75, 3.05) is 98.8 Å². The van der Waals surface area contributed by atoms with Gasteiger partial charge in [-0.05, 0) is 31.4 Å². The summed E-state index contributed by atoms with van der Waals surface area (Å²) in [6.07, 6.45) is 5.82. The lowest BCUT2D eigenvalue weighted by Gasteiger charge is -2.10. The van der Waals surface area contributed by atoms with Gasteiger partial charge in [-0.2, -0.15) is 0 Å². The predicted octanol–water partition coefficient (Wildman–Crippen LogP) is 3.75. The summed E-state index contributed by atoms with van der Waals surface area (Å²) in [7, 11) is 1.63. The molecule has 12 nitrogen and oxygen atoms in total. The van der Waals surface area contributed by atoms with Crippen LogP contribution in [0, 0.1) is 0 Å². The number of carbonyl (C=O) groups excluding carboxylic acids is 1. The molecule has 1 N–H and O–H groups in total. The molecular weight excluding hydrogens is 570 g/mol. The van der Waals surface area contributed by atoms with E-state index in [1.165, 1.54) is 0 Å². The molecule has 0 spiro atoms. The number of hydrogen-bond donors (Lipinski definition) is 1. The third-order valence-electron chi connectivity index (χ3n) is 5.42. The third kappa shape index (κ3) is 17.9. The van der Waals surface area contributed by atoms with E-state index in [2.05, 4.69) is 15.3 Å². The van der Waals surface area contributed by atoms with Gasteiger partial charge in [-0.15, -0.1) is 11.6 Å². The smallest absolute Gasteiger partial charge is 0.407 e. The molecule has 13 heteroatoms. The lowest BCUT2D eigenvalue weighted by Crippen LogP contribution is -2.29. The lowest BCUT2D eigenvalue weighted by molar-refractivity contribution is 0.0180. The van der Waals surface area contributed by atoms with Crippen molar-refractivity contribution in [3.63, 3.8) is 0 Å². The summed E-state index contributed by atoms with van der Waals surface area (Å²) < 4.78 is 43.3. The molecule has 0 aliphatic rings. The molecule has 0 aromatic carbocycles.